The summed E-state index contributed by atoms with van der Waals surface area (Å²) in [5.41, 5.74) is 1.89. The number of phenols is 2. The minimum absolute atomic E-state index is 0.163. The number of hydrogen-bond donors (Lipinski definition) is 4. The summed E-state index contributed by atoms with van der Waals surface area (Å²) < 4.78 is 10.7. The topological polar surface area (TPSA) is 83.0 Å². The van der Waals surface area contributed by atoms with Gasteiger partial charge in [-0.1, -0.05) is 37.1 Å². The van der Waals surface area contributed by atoms with E-state index in [4.69, 9.17) is 9.47 Å². The van der Waals surface area contributed by atoms with E-state index < -0.39 is 0 Å². The molecule has 0 aliphatic heterocycles. The number of rotatable bonds is 8. The van der Waals surface area contributed by atoms with Gasteiger partial charge in [0.2, 0.25) is 0 Å². The summed E-state index contributed by atoms with van der Waals surface area (Å²) in [6.07, 6.45) is 4.58. The van der Waals surface area contributed by atoms with Gasteiger partial charge in [-0.25, -0.2) is 0 Å². The summed E-state index contributed by atoms with van der Waals surface area (Å²) in [5.74, 6) is 1.38. The second-order valence-corrected chi connectivity index (χ2v) is 7.20. The lowest BCUT2D eigenvalue weighted by molar-refractivity contribution is 0.277. The molecule has 1 aliphatic carbocycles. The van der Waals surface area contributed by atoms with Crippen LogP contribution in [0.5, 0.6) is 23.0 Å². The van der Waals surface area contributed by atoms with E-state index in [1.54, 1.807) is 26.4 Å². The van der Waals surface area contributed by atoms with Crippen molar-refractivity contribution in [2.45, 2.75) is 50.9 Å². The minimum atomic E-state index is 0.163. The zero-order valence-corrected chi connectivity index (χ0v) is 16.6. The molecule has 4 N–H and O–H groups in total. The lowest BCUT2D eigenvalue weighted by atomic mass is 9.90. The Morgan fingerprint density at radius 2 is 1.21 bits per heavy atom. The predicted octanol–water partition coefficient (Wildman–Crippen LogP) is 3.31. The van der Waals surface area contributed by atoms with Crippen LogP contribution >= 0.6 is 0 Å². The molecule has 0 radical (unpaired) electrons. The van der Waals surface area contributed by atoms with E-state index in [1.807, 2.05) is 24.3 Å². The molecule has 2 atom stereocenters. The fraction of sp³-hybridized carbons (Fsp3) is 0.455. The Balaban J connectivity index is 1.63. The van der Waals surface area contributed by atoms with Gasteiger partial charge < -0.3 is 30.3 Å². The summed E-state index contributed by atoms with van der Waals surface area (Å²) in [5, 5.41) is 27.2. The Hall–Kier alpha value is -2.44. The summed E-state index contributed by atoms with van der Waals surface area (Å²) in [4.78, 5) is 0. The third-order valence-corrected chi connectivity index (χ3v) is 5.44. The molecule has 1 saturated carbocycles. The Kier molecular flexibility index (Phi) is 7.01. The van der Waals surface area contributed by atoms with Crippen LogP contribution in [0.25, 0.3) is 0 Å². The molecule has 2 aromatic carbocycles. The number of para-hydroxylation sites is 2. The van der Waals surface area contributed by atoms with E-state index in [0.29, 0.717) is 36.7 Å². The number of benzene rings is 2. The third kappa shape index (κ3) is 4.69. The van der Waals surface area contributed by atoms with Crippen LogP contribution in [0.1, 0.15) is 36.8 Å². The molecular weight excluding hydrogens is 356 g/mol. The molecule has 1 unspecified atom stereocenters. The van der Waals surface area contributed by atoms with E-state index in [0.717, 1.165) is 24.0 Å². The number of phenolic OH excluding ortho intramolecular Hbond substituents is 2. The molecule has 6 nitrogen and oxygen atoms in total. The van der Waals surface area contributed by atoms with Crippen LogP contribution in [0.3, 0.4) is 0 Å². The van der Waals surface area contributed by atoms with Crippen LogP contribution in [0, 0.1) is 0 Å². The highest BCUT2D eigenvalue weighted by Gasteiger charge is 2.25. The maximum absolute atomic E-state index is 9.96. The largest absolute Gasteiger partial charge is 0.504 e. The normalized spacial score (nSPS) is 19.4. The van der Waals surface area contributed by atoms with Crippen LogP contribution < -0.4 is 20.1 Å². The maximum Gasteiger partial charge on any atom is 0.164 e. The average Bonchev–Trinajstić information content (AvgIpc) is 2.71. The van der Waals surface area contributed by atoms with Gasteiger partial charge in [0, 0.05) is 36.3 Å². The van der Waals surface area contributed by atoms with Crippen molar-refractivity contribution < 1.29 is 19.7 Å². The molecule has 0 spiro atoms. The zero-order valence-electron chi connectivity index (χ0n) is 16.6. The number of aromatic hydroxyl groups is 2. The van der Waals surface area contributed by atoms with E-state index in [2.05, 4.69) is 10.6 Å². The van der Waals surface area contributed by atoms with Crippen molar-refractivity contribution in [1.29, 1.82) is 0 Å². The second-order valence-electron chi connectivity index (χ2n) is 7.20. The molecule has 28 heavy (non-hydrogen) atoms. The molecule has 1 fully saturated rings. The van der Waals surface area contributed by atoms with E-state index in [-0.39, 0.29) is 11.5 Å². The predicted molar refractivity (Wildman–Crippen MR) is 109 cm³/mol. The molecule has 1 aliphatic rings. The summed E-state index contributed by atoms with van der Waals surface area (Å²) in [7, 11) is 3.15. The average molecular weight is 386 g/mol. The van der Waals surface area contributed by atoms with Crippen molar-refractivity contribution >= 4 is 0 Å². The minimum Gasteiger partial charge on any atom is -0.504 e. The first-order valence-electron chi connectivity index (χ1n) is 9.80. The number of nitrogens with one attached hydrogen (secondary N) is 2. The highest BCUT2D eigenvalue weighted by molar-refractivity contribution is 5.46. The van der Waals surface area contributed by atoms with Crippen molar-refractivity contribution in [2.75, 3.05) is 14.2 Å². The van der Waals surface area contributed by atoms with Crippen LogP contribution in [-0.2, 0) is 13.1 Å². The van der Waals surface area contributed by atoms with Crippen LogP contribution in [-0.4, -0.2) is 36.5 Å². The van der Waals surface area contributed by atoms with Gasteiger partial charge in [0.1, 0.15) is 0 Å². The van der Waals surface area contributed by atoms with Crippen molar-refractivity contribution in [3.8, 4) is 23.0 Å². The molecule has 0 aromatic heterocycles. The van der Waals surface area contributed by atoms with Crippen LogP contribution in [0.4, 0.5) is 0 Å². The van der Waals surface area contributed by atoms with E-state index in [1.165, 1.54) is 12.8 Å². The lowest BCUT2D eigenvalue weighted by Gasteiger charge is -2.33. The first-order chi connectivity index (χ1) is 13.6. The number of ether oxygens (including phenoxy) is 2. The summed E-state index contributed by atoms with van der Waals surface area (Å²) in [6.45, 7) is 1.27. The molecule has 0 bridgehead atoms. The van der Waals surface area contributed by atoms with Crippen molar-refractivity contribution in [1.82, 2.24) is 10.6 Å². The van der Waals surface area contributed by atoms with E-state index in [9.17, 15) is 10.2 Å². The maximum atomic E-state index is 9.96. The molecule has 152 valence electrons. The van der Waals surface area contributed by atoms with Gasteiger partial charge in [0.15, 0.2) is 23.0 Å². The SMILES string of the molecule is COc1c(O)cccc1CNC1CCCC[C@H]1NCc1cccc(O)c1OC. The molecule has 2 aromatic rings. The van der Waals surface area contributed by atoms with Crippen molar-refractivity contribution in [3.63, 3.8) is 0 Å². The monoisotopic (exact) mass is 386 g/mol. The first-order valence-corrected chi connectivity index (χ1v) is 9.80. The summed E-state index contributed by atoms with van der Waals surface area (Å²) >= 11 is 0. The van der Waals surface area contributed by atoms with Crippen molar-refractivity contribution in [3.05, 3.63) is 47.5 Å². The lowest BCUT2D eigenvalue weighted by Crippen LogP contribution is -2.49. The zero-order chi connectivity index (χ0) is 19.9. The summed E-state index contributed by atoms with van der Waals surface area (Å²) in [6, 6.07) is 11.5. The molecular formula is C22H30N2O4. The van der Waals surface area contributed by atoms with Gasteiger partial charge in [-0.3, -0.25) is 0 Å². The molecule has 6 heteroatoms. The smallest absolute Gasteiger partial charge is 0.164 e. The van der Waals surface area contributed by atoms with Gasteiger partial charge >= 0.3 is 0 Å². The quantitative estimate of drug-likeness (QED) is 0.557. The molecule has 0 amide bonds. The highest BCUT2D eigenvalue weighted by Crippen LogP contribution is 2.31. The standard InChI is InChI=1S/C22H30N2O4/c1-27-21-15(7-5-11-19(21)25)13-23-17-9-3-4-10-18(17)24-14-16-8-6-12-20(26)22(16)28-2/h5-8,11-12,17-18,23-26H,3-4,9-10,13-14H2,1-2H3/t17-,18?/m1/s1. The first kappa shape index (κ1) is 20.3. The van der Waals surface area contributed by atoms with Gasteiger partial charge in [0.25, 0.3) is 0 Å². The Labute approximate surface area is 166 Å². The van der Waals surface area contributed by atoms with Gasteiger partial charge in [-0.15, -0.1) is 0 Å². The fourth-order valence-corrected chi connectivity index (χ4v) is 3.99. The Morgan fingerprint density at radius 1 is 0.786 bits per heavy atom. The molecule has 3 rings (SSSR count). The Morgan fingerprint density at radius 3 is 1.61 bits per heavy atom. The molecule has 0 heterocycles. The van der Waals surface area contributed by atoms with Gasteiger partial charge in [0.05, 0.1) is 14.2 Å². The molecule has 0 saturated heterocycles. The highest BCUT2D eigenvalue weighted by atomic mass is 16.5. The number of hydrogen-bond acceptors (Lipinski definition) is 6. The number of methoxy groups -OCH3 is 2. The third-order valence-electron chi connectivity index (χ3n) is 5.44. The fourth-order valence-electron chi connectivity index (χ4n) is 3.99. The van der Waals surface area contributed by atoms with Gasteiger partial charge in [-0.2, -0.15) is 0 Å². The van der Waals surface area contributed by atoms with Gasteiger partial charge in [-0.05, 0) is 25.0 Å². The van der Waals surface area contributed by atoms with Crippen LogP contribution in [0.15, 0.2) is 36.4 Å². The van der Waals surface area contributed by atoms with Crippen LogP contribution in [0.2, 0.25) is 0 Å². The second kappa shape index (κ2) is 9.66. The Bertz CT molecular complexity index is 716. The van der Waals surface area contributed by atoms with Crippen molar-refractivity contribution in [2.24, 2.45) is 0 Å². The van der Waals surface area contributed by atoms with E-state index >= 15 is 0 Å².